The molecule has 0 radical (unpaired) electrons. The fourth-order valence-corrected chi connectivity index (χ4v) is 3.68. The van der Waals surface area contributed by atoms with Crippen LogP contribution in [-0.2, 0) is 4.79 Å². The SMILES string of the molecule is CCNC(=O)c1nc[nH]c1C(=O)N[C@H]1CC[C@H](C(=O)Nc2ccc(F)cc2Cl)CC1. The van der Waals surface area contributed by atoms with E-state index < -0.39 is 17.6 Å². The number of hydrogen-bond donors (Lipinski definition) is 4. The number of imidazole rings is 1. The summed E-state index contributed by atoms with van der Waals surface area (Å²) in [7, 11) is 0. The molecule has 1 aromatic heterocycles. The van der Waals surface area contributed by atoms with Gasteiger partial charge in [-0.25, -0.2) is 9.37 Å². The van der Waals surface area contributed by atoms with Crippen LogP contribution in [0.5, 0.6) is 0 Å². The first kappa shape index (κ1) is 21.8. The molecular weight excluding hydrogens is 413 g/mol. The second-order valence-electron chi connectivity index (χ2n) is 7.12. The monoisotopic (exact) mass is 435 g/mol. The van der Waals surface area contributed by atoms with Crippen LogP contribution in [0.3, 0.4) is 0 Å². The number of rotatable bonds is 6. The lowest BCUT2D eigenvalue weighted by molar-refractivity contribution is -0.120. The van der Waals surface area contributed by atoms with Crippen molar-refractivity contribution in [3.8, 4) is 0 Å². The molecule has 1 aliphatic rings. The Kier molecular flexibility index (Phi) is 7.04. The summed E-state index contributed by atoms with van der Waals surface area (Å²) in [6.07, 6.45) is 3.71. The van der Waals surface area contributed by atoms with Crippen LogP contribution < -0.4 is 16.0 Å². The van der Waals surface area contributed by atoms with Gasteiger partial charge in [0.05, 0.1) is 17.0 Å². The molecule has 1 saturated carbocycles. The summed E-state index contributed by atoms with van der Waals surface area (Å²) in [4.78, 5) is 43.6. The zero-order chi connectivity index (χ0) is 21.7. The predicted molar refractivity (Wildman–Crippen MR) is 110 cm³/mol. The van der Waals surface area contributed by atoms with Crippen LogP contribution in [0.2, 0.25) is 5.02 Å². The molecule has 1 fully saturated rings. The van der Waals surface area contributed by atoms with E-state index in [1.807, 2.05) is 0 Å². The van der Waals surface area contributed by atoms with Crippen LogP contribution in [0.4, 0.5) is 10.1 Å². The molecule has 0 spiro atoms. The summed E-state index contributed by atoms with van der Waals surface area (Å²) >= 11 is 5.96. The maximum Gasteiger partial charge on any atom is 0.272 e. The smallest absolute Gasteiger partial charge is 0.272 e. The van der Waals surface area contributed by atoms with Crippen molar-refractivity contribution in [2.24, 2.45) is 5.92 Å². The van der Waals surface area contributed by atoms with E-state index in [4.69, 9.17) is 11.6 Å². The fraction of sp³-hybridized carbons (Fsp3) is 0.400. The first-order valence-corrected chi connectivity index (χ1v) is 10.1. The van der Waals surface area contributed by atoms with Crippen molar-refractivity contribution in [1.29, 1.82) is 0 Å². The van der Waals surface area contributed by atoms with Gasteiger partial charge in [0.2, 0.25) is 5.91 Å². The van der Waals surface area contributed by atoms with Crippen molar-refractivity contribution in [2.75, 3.05) is 11.9 Å². The normalized spacial score (nSPS) is 18.5. The van der Waals surface area contributed by atoms with E-state index in [1.54, 1.807) is 6.92 Å². The molecule has 3 amide bonds. The molecule has 0 atom stereocenters. The highest BCUT2D eigenvalue weighted by Gasteiger charge is 2.29. The van der Waals surface area contributed by atoms with Gasteiger partial charge in [0, 0.05) is 18.5 Å². The standard InChI is InChI=1S/C20H23ClFN5O3/c1-2-23-19(29)16-17(25-10-24-16)20(30)26-13-6-3-11(4-7-13)18(28)27-15-8-5-12(22)9-14(15)21/h5,8-11,13H,2-4,6-7H2,1H3,(H,23,29)(H,24,25)(H,26,30)(H,27,28)/t11-,13-. The molecule has 30 heavy (non-hydrogen) atoms. The molecule has 0 saturated heterocycles. The third-order valence-corrected chi connectivity index (χ3v) is 5.35. The number of hydrogen-bond acceptors (Lipinski definition) is 4. The molecule has 4 N–H and O–H groups in total. The quantitative estimate of drug-likeness (QED) is 0.558. The number of nitrogens with zero attached hydrogens (tertiary/aromatic N) is 1. The Hall–Kier alpha value is -2.94. The highest BCUT2D eigenvalue weighted by molar-refractivity contribution is 6.33. The Labute approximate surface area is 178 Å². The number of carbonyl (C=O) groups excluding carboxylic acids is 3. The Morgan fingerprint density at radius 2 is 1.93 bits per heavy atom. The molecule has 0 unspecified atom stereocenters. The number of H-pyrrole nitrogens is 1. The average Bonchev–Trinajstić information content (AvgIpc) is 3.21. The summed E-state index contributed by atoms with van der Waals surface area (Å²) in [5, 5.41) is 8.39. The van der Waals surface area contributed by atoms with E-state index in [0.717, 1.165) is 6.07 Å². The van der Waals surface area contributed by atoms with Gasteiger partial charge < -0.3 is 20.9 Å². The van der Waals surface area contributed by atoms with E-state index in [0.29, 0.717) is 37.9 Å². The minimum atomic E-state index is -0.471. The van der Waals surface area contributed by atoms with Gasteiger partial charge in [-0.1, -0.05) is 11.6 Å². The summed E-state index contributed by atoms with van der Waals surface area (Å²) in [6, 6.07) is 3.70. The van der Waals surface area contributed by atoms with Crippen molar-refractivity contribution < 1.29 is 18.8 Å². The van der Waals surface area contributed by atoms with E-state index in [-0.39, 0.29) is 34.3 Å². The molecule has 0 aliphatic heterocycles. The summed E-state index contributed by atoms with van der Waals surface area (Å²) in [5.41, 5.74) is 0.543. The first-order chi connectivity index (χ1) is 14.4. The molecule has 160 valence electrons. The molecule has 3 rings (SSSR count). The van der Waals surface area contributed by atoms with Crippen LogP contribution in [0.15, 0.2) is 24.5 Å². The lowest BCUT2D eigenvalue weighted by Crippen LogP contribution is -2.40. The largest absolute Gasteiger partial charge is 0.351 e. The average molecular weight is 436 g/mol. The highest BCUT2D eigenvalue weighted by atomic mass is 35.5. The van der Waals surface area contributed by atoms with Gasteiger partial charge in [0.15, 0.2) is 5.69 Å². The van der Waals surface area contributed by atoms with Gasteiger partial charge in [0.25, 0.3) is 11.8 Å². The predicted octanol–water partition coefficient (Wildman–Crippen LogP) is 2.88. The van der Waals surface area contributed by atoms with E-state index in [1.165, 1.54) is 18.5 Å². The summed E-state index contributed by atoms with van der Waals surface area (Å²) < 4.78 is 13.1. The van der Waals surface area contributed by atoms with Gasteiger partial charge in [-0.3, -0.25) is 14.4 Å². The van der Waals surface area contributed by atoms with E-state index >= 15 is 0 Å². The third kappa shape index (κ3) is 5.15. The van der Waals surface area contributed by atoms with Gasteiger partial charge in [0.1, 0.15) is 11.5 Å². The van der Waals surface area contributed by atoms with Gasteiger partial charge in [-0.15, -0.1) is 0 Å². The van der Waals surface area contributed by atoms with Gasteiger partial charge in [-0.05, 0) is 50.8 Å². The Balaban J connectivity index is 1.52. The van der Waals surface area contributed by atoms with Crippen LogP contribution in [-0.4, -0.2) is 40.3 Å². The first-order valence-electron chi connectivity index (χ1n) is 9.77. The van der Waals surface area contributed by atoms with E-state index in [9.17, 15) is 18.8 Å². The zero-order valence-electron chi connectivity index (χ0n) is 16.4. The second kappa shape index (κ2) is 9.71. The number of anilines is 1. The summed E-state index contributed by atoms with van der Waals surface area (Å²) in [6.45, 7) is 2.21. The Morgan fingerprint density at radius 3 is 2.60 bits per heavy atom. The fourth-order valence-electron chi connectivity index (χ4n) is 3.47. The number of carbonyl (C=O) groups is 3. The topological polar surface area (TPSA) is 116 Å². The van der Waals surface area contributed by atoms with Crippen LogP contribution in [0, 0.1) is 11.7 Å². The zero-order valence-corrected chi connectivity index (χ0v) is 17.2. The lowest BCUT2D eigenvalue weighted by atomic mass is 9.85. The number of aromatic nitrogens is 2. The third-order valence-electron chi connectivity index (χ3n) is 5.04. The molecule has 1 heterocycles. The minimum Gasteiger partial charge on any atom is -0.351 e. The van der Waals surface area contributed by atoms with Crippen LogP contribution in [0.1, 0.15) is 53.6 Å². The van der Waals surface area contributed by atoms with Crippen molar-refractivity contribution in [3.63, 3.8) is 0 Å². The number of nitrogens with one attached hydrogen (secondary N) is 4. The number of halogens is 2. The van der Waals surface area contributed by atoms with Crippen molar-refractivity contribution >= 4 is 35.0 Å². The number of benzene rings is 1. The molecule has 2 aromatic rings. The van der Waals surface area contributed by atoms with Crippen LogP contribution >= 0.6 is 11.6 Å². The van der Waals surface area contributed by atoms with Crippen LogP contribution in [0.25, 0.3) is 0 Å². The second-order valence-corrected chi connectivity index (χ2v) is 7.53. The van der Waals surface area contributed by atoms with Gasteiger partial charge in [-0.2, -0.15) is 0 Å². The highest BCUT2D eigenvalue weighted by Crippen LogP contribution is 2.28. The molecule has 0 bridgehead atoms. The Bertz CT molecular complexity index is 940. The van der Waals surface area contributed by atoms with Crippen molar-refractivity contribution in [2.45, 2.75) is 38.6 Å². The molecule has 1 aliphatic carbocycles. The lowest BCUT2D eigenvalue weighted by Gasteiger charge is -2.28. The summed E-state index contributed by atoms with van der Waals surface area (Å²) in [5.74, 6) is -1.69. The molecule has 8 nitrogen and oxygen atoms in total. The molecule has 10 heteroatoms. The molecular formula is C20H23ClFN5O3. The minimum absolute atomic E-state index is 0.0543. The Morgan fingerprint density at radius 1 is 1.20 bits per heavy atom. The number of aromatic amines is 1. The van der Waals surface area contributed by atoms with Crippen molar-refractivity contribution in [1.82, 2.24) is 20.6 Å². The molecule has 1 aromatic carbocycles. The van der Waals surface area contributed by atoms with Gasteiger partial charge >= 0.3 is 0 Å². The maximum absolute atomic E-state index is 13.1. The van der Waals surface area contributed by atoms with E-state index in [2.05, 4.69) is 25.9 Å². The maximum atomic E-state index is 13.1. The van der Waals surface area contributed by atoms with Crippen molar-refractivity contribution in [3.05, 3.63) is 46.8 Å². The number of amides is 3.